The van der Waals surface area contributed by atoms with Crippen molar-refractivity contribution >= 4 is 28.3 Å². The number of ether oxygens (including phenoxy) is 1. The minimum absolute atomic E-state index is 0.227. The molecule has 134 valence electrons. The van der Waals surface area contributed by atoms with E-state index in [2.05, 4.69) is 33.5 Å². The molecule has 3 aromatic carbocycles. The number of anilines is 1. The van der Waals surface area contributed by atoms with Crippen LogP contribution in [0.5, 0.6) is 5.75 Å². The average Bonchev–Trinajstić information content (AvgIpc) is 2.72. The van der Waals surface area contributed by atoms with Gasteiger partial charge in [0.25, 0.3) is 0 Å². The molecule has 0 radical (unpaired) electrons. The number of hydrogen-bond donors (Lipinski definition) is 1. The number of fused-ring (bicyclic) bond motifs is 1. The number of nitrogens with zero attached hydrogens (tertiary/aromatic N) is 2. The minimum Gasteiger partial charge on any atom is -0.497 e. The van der Waals surface area contributed by atoms with Gasteiger partial charge in [-0.25, -0.2) is 9.97 Å². The molecule has 0 saturated carbocycles. The molecule has 0 amide bonds. The van der Waals surface area contributed by atoms with Crippen LogP contribution in [0.25, 0.3) is 22.0 Å². The Morgan fingerprint density at radius 3 is 2.41 bits per heavy atom. The molecule has 1 aromatic heterocycles. The fourth-order valence-electron chi connectivity index (χ4n) is 3.07. The molecule has 0 bridgehead atoms. The van der Waals surface area contributed by atoms with E-state index in [-0.39, 0.29) is 5.28 Å². The zero-order valence-corrected chi connectivity index (χ0v) is 15.6. The summed E-state index contributed by atoms with van der Waals surface area (Å²) in [5.41, 5.74) is 4.12. The molecule has 0 atom stereocenters. The molecule has 4 aromatic rings. The van der Waals surface area contributed by atoms with Gasteiger partial charge in [-0.05, 0) is 46.5 Å². The lowest BCUT2D eigenvalue weighted by molar-refractivity contribution is 0.414. The van der Waals surface area contributed by atoms with Gasteiger partial charge in [0.2, 0.25) is 5.28 Å². The Morgan fingerprint density at radius 2 is 1.67 bits per heavy atom. The van der Waals surface area contributed by atoms with Crippen LogP contribution in [0.1, 0.15) is 5.56 Å². The topological polar surface area (TPSA) is 47.0 Å². The molecule has 4 rings (SSSR count). The third kappa shape index (κ3) is 3.71. The molecule has 1 heterocycles. The van der Waals surface area contributed by atoms with Crippen LogP contribution < -0.4 is 10.1 Å². The number of benzene rings is 3. The van der Waals surface area contributed by atoms with Gasteiger partial charge < -0.3 is 10.1 Å². The summed E-state index contributed by atoms with van der Waals surface area (Å²) in [5, 5.41) is 4.60. The summed E-state index contributed by atoms with van der Waals surface area (Å²) in [7, 11) is 1.66. The van der Waals surface area contributed by atoms with Gasteiger partial charge in [-0.1, -0.05) is 54.6 Å². The molecule has 0 aliphatic heterocycles. The molecular weight excluding hydrogens is 358 g/mol. The van der Waals surface area contributed by atoms with E-state index in [0.717, 1.165) is 39.2 Å². The fourth-order valence-corrected chi connectivity index (χ4v) is 3.25. The Bertz CT molecular complexity index is 1070. The van der Waals surface area contributed by atoms with E-state index in [9.17, 15) is 0 Å². The van der Waals surface area contributed by atoms with Gasteiger partial charge in [0, 0.05) is 6.54 Å². The van der Waals surface area contributed by atoms with E-state index < -0.39 is 0 Å². The van der Waals surface area contributed by atoms with Crippen molar-refractivity contribution in [1.29, 1.82) is 0 Å². The van der Waals surface area contributed by atoms with E-state index in [1.165, 1.54) is 0 Å². The second kappa shape index (κ2) is 7.64. The third-order valence-corrected chi connectivity index (χ3v) is 4.57. The predicted octanol–water partition coefficient (Wildman–Crippen LogP) is 5.57. The molecule has 1 N–H and O–H groups in total. The van der Waals surface area contributed by atoms with E-state index in [4.69, 9.17) is 16.3 Å². The maximum absolute atomic E-state index is 6.16. The van der Waals surface area contributed by atoms with Crippen LogP contribution in [0.4, 0.5) is 5.82 Å². The van der Waals surface area contributed by atoms with E-state index in [1.807, 2.05) is 54.6 Å². The zero-order chi connectivity index (χ0) is 18.6. The lowest BCUT2D eigenvalue weighted by Gasteiger charge is -2.13. The maximum atomic E-state index is 6.16. The predicted molar refractivity (Wildman–Crippen MR) is 110 cm³/mol. The number of hydrogen-bond acceptors (Lipinski definition) is 4. The average molecular weight is 376 g/mol. The lowest BCUT2D eigenvalue weighted by Crippen LogP contribution is -2.04. The van der Waals surface area contributed by atoms with Crippen molar-refractivity contribution in [3.05, 3.63) is 83.6 Å². The first-order chi connectivity index (χ1) is 13.2. The smallest absolute Gasteiger partial charge is 0.224 e. The fraction of sp³-hybridized carbons (Fsp3) is 0.0909. The molecule has 5 heteroatoms. The van der Waals surface area contributed by atoms with E-state index in [0.29, 0.717) is 6.54 Å². The monoisotopic (exact) mass is 375 g/mol. The van der Waals surface area contributed by atoms with Crippen molar-refractivity contribution in [3.8, 4) is 16.9 Å². The minimum atomic E-state index is 0.227. The van der Waals surface area contributed by atoms with Gasteiger partial charge in [-0.2, -0.15) is 0 Å². The van der Waals surface area contributed by atoms with Crippen molar-refractivity contribution in [1.82, 2.24) is 9.97 Å². The summed E-state index contributed by atoms with van der Waals surface area (Å²) in [4.78, 5) is 8.85. The molecule has 4 nitrogen and oxygen atoms in total. The highest BCUT2D eigenvalue weighted by Gasteiger charge is 2.12. The summed E-state index contributed by atoms with van der Waals surface area (Å²) in [5.74, 6) is 1.56. The number of aromatic nitrogens is 2. The Kier molecular flexibility index (Phi) is 4.90. The Labute approximate surface area is 162 Å². The van der Waals surface area contributed by atoms with Gasteiger partial charge >= 0.3 is 0 Å². The number of rotatable bonds is 5. The summed E-state index contributed by atoms with van der Waals surface area (Å²) in [6.07, 6.45) is 0. The molecule has 0 aliphatic carbocycles. The second-order valence-corrected chi connectivity index (χ2v) is 6.45. The van der Waals surface area contributed by atoms with Crippen LogP contribution in [0.2, 0.25) is 5.28 Å². The number of methoxy groups -OCH3 is 1. The molecular formula is C22H18ClN3O. The highest BCUT2D eigenvalue weighted by atomic mass is 35.5. The largest absolute Gasteiger partial charge is 0.497 e. The Hall–Kier alpha value is -3.11. The normalized spacial score (nSPS) is 10.7. The van der Waals surface area contributed by atoms with E-state index in [1.54, 1.807) is 7.11 Å². The van der Waals surface area contributed by atoms with Crippen molar-refractivity contribution in [3.63, 3.8) is 0 Å². The SMILES string of the molecule is COc1ccc(CNc2nc(Cl)nc3cccc(-c4ccccc4)c23)cc1. The second-order valence-electron chi connectivity index (χ2n) is 6.11. The van der Waals surface area contributed by atoms with E-state index >= 15 is 0 Å². The molecule has 27 heavy (non-hydrogen) atoms. The van der Waals surface area contributed by atoms with Crippen molar-refractivity contribution in [2.45, 2.75) is 6.54 Å². The molecule has 0 saturated heterocycles. The van der Waals surface area contributed by atoms with Crippen LogP contribution in [0, 0.1) is 0 Å². The molecule has 0 aliphatic rings. The molecule has 0 unspecified atom stereocenters. The first kappa shape index (κ1) is 17.3. The molecule has 0 spiro atoms. The number of halogens is 1. The van der Waals surface area contributed by atoms with Crippen LogP contribution >= 0.6 is 11.6 Å². The van der Waals surface area contributed by atoms with Crippen LogP contribution in [0.3, 0.4) is 0 Å². The summed E-state index contributed by atoms with van der Waals surface area (Å²) >= 11 is 6.16. The highest BCUT2D eigenvalue weighted by molar-refractivity contribution is 6.29. The maximum Gasteiger partial charge on any atom is 0.224 e. The first-order valence-corrected chi connectivity index (χ1v) is 9.01. The Morgan fingerprint density at radius 1 is 0.889 bits per heavy atom. The van der Waals surface area contributed by atoms with Crippen LogP contribution in [-0.2, 0) is 6.54 Å². The Balaban J connectivity index is 1.74. The quantitative estimate of drug-likeness (QED) is 0.463. The lowest BCUT2D eigenvalue weighted by atomic mass is 10.0. The number of nitrogens with one attached hydrogen (secondary N) is 1. The highest BCUT2D eigenvalue weighted by Crippen LogP contribution is 2.33. The van der Waals surface area contributed by atoms with Crippen LogP contribution in [-0.4, -0.2) is 17.1 Å². The van der Waals surface area contributed by atoms with Crippen molar-refractivity contribution < 1.29 is 4.74 Å². The van der Waals surface area contributed by atoms with Crippen LogP contribution in [0.15, 0.2) is 72.8 Å². The van der Waals surface area contributed by atoms with Gasteiger partial charge in [-0.15, -0.1) is 0 Å². The summed E-state index contributed by atoms with van der Waals surface area (Å²) < 4.78 is 5.21. The molecule has 0 fully saturated rings. The van der Waals surface area contributed by atoms with Gasteiger partial charge in [-0.3, -0.25) is 0 Å². The zero-order valence-electron chi connectivity index (χ0n) is 14.8. The summed E-state index contributed by atoms with van der Waals surface area (Å²) in [6.45, 7) is 0.621. The van der Waals surface area contributed by atoms with Gasteiger partial charge in [0.15, 0.2) is 0 Å². The van der Waals surface area contributed by atoms with Crippen molar-refractivity contribution in [2.24, 2.45) is 0 Å². The van der Waals surface area contributed by atoms with Gasteiger partial charge in [0.1, 0.15) is 11.6 Å². The first-order valence-electron chi connectivity index (χ1n) is 8.63. The summed E-state index contributed by atoms with van der Waals surface area (Å²) in [6, 6.07) is 24.2. The third-order valence-electron chi connectivity index (χ3n) is 4.40. The van der Waals surface area contributed by atoms with Crippen molar-refractivity contribution in [2.75, 3.05) is 12.4 Å². The van der Waals surface area contributed by atoms with Gasteiger partial charge in [0.05, 0.1) is 18.0 Å². The standard InChI is InChI=1S/C22H18ClN3O/c1-27-17-12-10-15(11-13-17)14-24-21-20-18(16-6-3-2-4-7-16)8-5-9-19(20)25-22(23)26-21/h2-13H,14H2,1H3,(H,24,25,26).